The van der Waals surface area contributed by atoms with E-state index in [1.807, 2.05) is 26.8 Å². The van der Waals surface area contributed by atoms with E-state index < -0.39 is 10.3 Å². The number of benzene rings is 3. The van der Waals surface area contributed by atoms with Gasteiger partial charge < -0.3 is 4.74 Å². The molecule has 186 valence electrons. The number of ether oxygens (including phenoxy) is 1. The van der Waals surface area contributed by atoms with Gasteiger partial charge in [-0.25, -0.2) is 4.98 Å². The molecule has 0 aliphatic heterocycles. The summed E-state index contributed by atoms with van der Waals surface area (Å²) in [6, 6.07) is 18.6. The third-order valence-electron chi connectivity index (χ3n) is 5.50. The molecule has 0 saturated carbocycles. The summed E-state index contributed by atoms with van der Waals surface area (Å²) in [7, 11) is 0. The Morgan fingerprint density at radius 3 is 2.65 bits per heavy atom. The highest BCUT2D eigenvalue weighted by molar-refractivity contribution is 9.10. The summed E-state index contributed by atoms with van der Waals surface area (Å²) in [5.74, 6) is 0.508. The minimum Gasteiger partial charge on any atom is -0.482 e. The highest BCUT2D eigenvalue weighted by atomic mass is 79.9. The highest BCUT2D eigenvalue weighted by Crippen LogP contribution is 2.29. The molecule has 4 aromatic rings. The molecule has 1 aromatic heterocycles. The number of nitro benzene ring substituents is 1. The molecule has 0 amide bonds. The number of hydrogen-bond donors (Lipinski definition) is 0. The van der Waals surface area contributed by atoms with Gasteiger partial charge in [0.25, 0.3) is 5.56 Å². The van der Waals surface area contributed by atoms with Gasteiger partial charge in [0.2, 0.25) is 0 Å². The van der Waals surface area contributed by atoms with Crippen LogP contribution in [0.3, 0.4) is 0 Å². The molecule has 0 saturated heterocycles. The van der Waals surface area contributed by atoms with Gasteiger partial charge in [0.15, 0.2) is 5.75 Å². The van der Waals surface area contributed by atoms with Gasteiger partial charge in [0.1, 0.15) is 12.4 Å². The van der Waals surface area contributed by atoms with Gasteiger partial charge in [-0.05, 0) is 36.4 Å². The van der Waals surface area contributed by atoms with Crippen LogP contribution in [0.1, 0.15) is 43.3 Å². The molecule has 0 aliphatic carbocycles. The van der Waals surface area contributed by atoms with E-state index in [1.54, 1.807) is 42.5 Å². The SMILES string of the molecule is CC(C)(C)c1nc2ccc(Br)cc2c(=O)n1N=Cc1ccc(OCc2ccccc2C#N)c([N+](=O)[O-])c1. The smallest absolute Gasteiger partial charge is 0.311 e. The highest BCUT2D eigenvalue weighted by Gasteiger charge is 2.23. The Bertz CT molecular complexity index is 1650. The molecular formula is C27H22BrN5O4. The lowest BCUT2D eigenvalue weighted by Crippen LogP contribution is -2.29. The van der Waals surface area contributed by atoms with Crippen LogP contribution in [0.2, 0.25) is 0 Å². The first kappa shape index (κ1) is 25.7. The Morgan fingerprint density at radius 1 is 1.19 bits per heavy atom. The second-order valence-electron chi connectivity index (χ2n) is 9.25. The van der Waals surface area contributed by atoms with E-state index >= 15 is 0 Å². The molecule has 0 atom stereocenters. The number of nitro groups is 1. The summed E-state index contributed by atoms with van der Waals surface area (Å²) >= 11 is 3.38. The van der Waals surface area contributed by atoms with Crippen molar-refractivity contribution in [1.82, 2.24) is 9.66 Å². The molecule has 4 rings (SSSR count). The summed E-state index contributed by atoms with van der Waals surface area (Å²) < 4.78 is 7.64. The minimum absolute atomic E-state index is 0.000659. The van der Waals surface area contributed by atoms with Crippen LogP contribution in [-0.2, 0) is 12.0 Å². The molecule has 0 spiro atoms. The lowest BCUT2D eigenvalue weighted by Gasteiger charge is -2.20. The molecule has 10 heteroatoms. The zero-order chi connectivity index (χ0) is 26.7. The minimum atomic E-state index is -0.551. The van der Waals surface area contributed by atoms with Crippen molar-refractivity contribution in [3.8, 4) is 11.8 Å². The van der Waals surface area contributed by atoms with E-state index in [-0.39, 0.29) is 23.6 Å². The van der Waals surface area contributed by atoms with Gasteiger partial charge in [-0.15, -0.1) is 0 Å². The molecule has 0 fully saturated rings. The molecule has 9 nitrogen and oxygen atoms in total. The van der Waals surface area contributed by atoms with Crippen LogP contribution < -0.4 is 10.3 Å². The molecular weight excluding hydrogens is 538 g/mol. The van der Waals surface area contributed by atoms with Crippen molar-refractivity contribution < 1.29 is 9.66 Å². The fourth-order valence-corrected chi connectivity index (χ4v) is 4.02. The largest absolute Gasteiger partial charge is 0.482 e. The standard InChI is InChI=1S/C27H22BrN5O4/c1-27(2,3)26-31-22-10-9-20(28)13-21(22)25(34)32(26)30-15-17-8-11-24(23(12-17)33(35)36)37-16-19-7-5-4-6-18(19)14-29/h4-13,15H,16H2,1-3H3. The first-order valence-corrected chi connectivity index (χ1v) is 12.0. The van der Waals surface area contributed by atoms with Crippen molar-refractivity contribution in [2.45, 2.75) is 32.8 Å². The van der Waals surface area contributed by atoms with Crippen LogP contribution >= 0.6 is 15.9 Å². The van der Waals surface area contributed by atoms with Crippen LogP contribution in [0.4, 0.5) is 5.69 Å². The molecule has 0 aliphatic rings. The summed E-state index contributed by atoms with van der Waals surface area (Å²) in [6.07, 6.45) is 1.38. The normalized spacial score (nSPS) is 11.5. The maximum Gasteiger partial charge on any atom is 0.311 e. The molecule has 37 heavy (non-hydrogen) atoms. The van der Waals surface area contributed by atoms with Crippen LogP contribution in [-0.4, -0.2) is 20.8 Å². The average molecular weight is 560 g/mol. The average Bonchev–Trinajstić information content (AvgIpc) is 2.86. The van der Waals surface area contributed by atoms with E-state index in [0.29, 0.717) is 33.4 Å². The molecule has 0 bridgehead atoms. The first-order chi connectivity index (χ1) is 17.6. The van der Waals surface area contributed by atoms with Gasteiger partial charge in [0.05, 0.1) is 33.7 Å². The van der Waals surface area contributed by atoms with Crippen LogP contribution in [0.25, 0.3) is 10.9 Å². The second kappa shape index (κ2) is 10.3. The third kappa shape index (κ3) is 5.57. The van der Waals surface area contributed by atoms with Gasteiger partial charge in [-0.1, -0.05) is 54.9 Å². The van der Waals surface area contributed by atoms with Crippen molar-refractivity contribution >= 4 is 38.7 Å². The first-order valence-electron chi connectivity index (χ1n) is 11.2. The second-order valence-corrected chi connectivity index (χ2v) is 10.2. The van der Waals surface area contributed by atoms with E-state index in [0.717, 1.165) is 4.47 Å². The van der Waals surface area contributed by atoms with E-state index in [9.17, 15) is 20.2 Å². The molecule has 1 heterocycles. The zero-order valence-electron chi connectivity index (χ0n) is 20.3. The monoisotopic (exact) mass is 559 g/mol. The number of halogens is 1. The number of nitriles is 1. The Kier molecular flexibility index (Phi) is 7.18. The van der Waals surface area contributed by atoms with Crippen LogP contribution in [0.15, 0.2) is 75.0 Å². The fourth-order valence-electron chi connectivity index (χ4n) is 3.66. The molecule has 0 unspecified atom stereocenters. The number of fused-ring (bicyclic) bond motifs is 1. The number of aromatic nitrogens is 2. The maximum absolute atomic E-state index is 13.3. The summed E-state index contributed by atoms with van der Waals surface area (Å²) in [5, 5.41) is 25.8. The van der Waals surface area contributed by atoms with E-state index in [1.165, 1.54) is 23.0 Å². The predicted molar refractivity (Wildman–Crippen MR) is 144 cm³/mol. The lowest BCUT2D eigenvalue weighted by atomic mass is 9.95. The van der Waals surface area contributed by atoms with E-state index in [2.05, 4.69) is 32.1 Å². The third-order valence-corrected chi connectivity index (χ3v) is 6.00. The van der Waals surface area contributed by atoms with Gasteiger partial charge in [-0.3, -0.25) is 14.9 Å². The summed E-state index contributed by atoms with van der Waals surface area (Å²) in [5.41, 5.74) is 0.901. The van der Waals surface area contributed by atoms with Crippen molar-refractivity contribution in [2.75, 3.05) is 0 Å². The Balaban J connectivity index is 1.71. The number of nitrogens with zero attached hydrogens (tertiary/aromatic N) is 5. The molecule has 0 radical (unpaired) electrons. The quantitative estimate of drug-likeness (QED) is 0.169. The summed E-state index contributed by atoms with van der Waals surface area (Å²) in [6.45, 7) is 5.77. The van der Waals surface area contributed by atoms with Crippen molar-refractivity contribution in [1.29, 1.82) is 5.26 Å². The van der Waals surface area contributed by atoms with Crippen molar-refractivity contribution in [2.24, 2.45) is 5.10 Å². The fraction of sp³-hybridized carbons (Fsp3) is 0.185. The van der Waals surface area contributed by atoms with Crippen molar-refractivity contribution in [3.63, 3.8) is 0 Å². The van der Waals surface area contributed by atoms with Gasteiger partial charge >= 0.3 is 5.69 Å². The Morgan fingerprint density at radius 2 is 1.95 bits per heavy atom. The number of rotatable bonds is 6. The van der Waals surface area contributed by atoms with Gasteiger partial charge in [0, 0.05) is 27.1 Å². The predicted octanol–water partition coefficient (Wildman–Crippen LogP) is 5.70. The molecule has 3 aromatic carbocycles. The van der Waals surface area contributed by atoms with Crippen LogP contribution in [0.5, 0.6) is 5.75 Å². The number of hydrogen-bond acceptors (Lipinski definition) is 7. The zero-order valence-corrected chi connectivity index (χ0v) is 21.9. The maximum atomic E-state index is 13.3. The van der Waals surface area contributed by atoms with E-state index in [4.69, 9.17) is 4.74 Å². The van der Waals surface area contributed by atoms with Crippen molar-refractivity contribution in [3.05, 3.63) is 108 Å². The molecule has 0 N–H and O–H groups in total. The topological polar surface area (TPSA) is 123 Å². The Hall–Kier alpha value is -4.36. The van der Waals surface area contributed by atoms with Crippen LogP contribution in [0, 0.1) is 21.4 Å². The lowest BCUT2D eigenvalue weighted by molar-refractivity contribution is -0.385. The Labute approximate surface area is 220 Å². The summed E-state index contributed by atoms with van der Waals surface area (Å²) in [4.78, 5) is 29.2. The van der Waals surface area contributed by atoms with Gasteiger partial charge in [-0.2, -0.15) is 15.0 Å².